The molecule has 1 heterocycles. The Bertz CT molecular complexity index is 436. The van der Waals surface area contributed by atoms with Crippen LogP contribution in [0.15, 0.2) is 18.2 Å². The van der Waals surface area contributed by atoms with Gasteiger partial charge in [0.15, 0.2) is 0 Å². The lowest BCUT2D eigenvalue weighted by Crippen LogP contribution is -2.46. The number of benzene rings is 1. The maximum atomic E-state index is 13.5. The van der Waals surface area contributed by atoms with Crippen LogP contribution >= 0.6 is 11.8 Å². The van der Waals surface area contributed by atoms with Crippen molar-refractivity contribution in [3.8, 4) is 5.75 Å². The van der Waals surface area contributed by atoms with Gasteiger partial charge in [-0.3, -0.25) is 4.79 Å². The standard InChI is InChI=1S/C12H15FN2O2S/c1-17-8-2-3-9(13)10(6-8)15-12(16)11-7-18-5-4-14-11/h2-3,6,11,14H,4-5,7H2,1H3,(H,15,16). The van der Waals surface area contributed by atoms with Crippen LogP contribution in [0.5, 0.6) is 5.75 Å². The topological polar surface area (TPSA) is 50.4 Å². The fourth-order valence-corrected chi connectivity index (χ4v) is 2.61. The van der Waals surface area contributed by atoms with Crippen LogP contribution in [0.4, 0.5) is 10.1 Å². The van der Waals surface area contributed by atoms with Gasteiger partial charge in [0.1, 0.15) is 11.6 Å². The van der Waals surface area contributed by atoms with Crippen molar-refractivity contribution in [1.29, 1.82) is 0 Å². The summed E-state index contributed by atoms with van der Waals surface area (Å²) in [6, 6.07) is 4.00. The summed E-state index contributed by atoms with van der Waals surface area (Å²) < 4.78 is 18.5. The maximum absolute atomic E-state index is 13.5. The number of methoxy groups -OCH3 is 1. The molecule has 0 aromatic heterocycles. The zero-order valence-electron chi connectivity index (χ0n) is 10.0. The summed E-state index contributed by atoms with van der Waals surface area (Å²) in [4.78, 5) is 11.9. The van der Waals surface area contributed by atoms with Crippen LogP contribution in [0.25, 0.3) is 0 Å². The number of thioether (sulfide) groups is 1. The third-order valence-corrected chi connectivity index (χ3v) is 3.73. The van der Waals surface area contributed by atoms with Gasteiger partial charge in [0, 0.05) is 24.1 Å². The highest BCUT2D eigenvalue weighted by atomic mass is 32.2. The van der Waals surface area contributed by atoms with Gasteiger partial charge in [0.25, 0.3) is 0 Å². The normalized spacial score (nSPS) is 19.3. The van der Waals surface area contributed by atoms with Crippen molar-refractivity contribution in [3.05, 3.63) is 24.0 Å². The molecule has 0 spiro atoms. The van der Waals surface area contributed by atoms with E-state index in [2.05, 4.69) is 10.6 Å². The summed E-state index contributed by atoms with van der Waals surface area (Å²) in [5.74, 6) is 1.54. The van der Waals surface area contributed by atoms with Gasteiger partial charge >= 0.3 is 0 Å². The highest BCUT2D eigenvalue weighted by molar-refractivity contribution is 7.99. The van der Waals surface area contributed by atoms with Crippen molar-refractivity contribution >= 4 is 23.4 Å². The number of hydrogen-bond acceptors (Lipinski definition) is 4. The summed E-state index contributed by atoms with van der Waals surface area (Å²) in [5, 5.41) is 5.69. The van der Waals surface area contributed by atoms with E-state index in [0.717, 1.165) is 12.3 Å². The Hall–Kier alpha value is -1.27. The molecule has 1 fully saturated rings. The largest absolute Gasteiger partial charge is 0.497 e. The first-order chi connectivity index (χ1) is 8.70. The van der Waals surface area contributed by atoms with E-state index in [0.29, 0.717) is 11.5 Å². The predicted molar refractivity (Wildman–Crippen MR) is 70.7 cm³/mol. The van der Waals surface area contributed by atoms with E-state index < -0.39 is 5.82 Å². The molecule has 1 unspecified atom stereocenters. The van der Waals surface area contributed by atoms with E-state index in [1.54, 1.807) is 11.8 Å². The van der Waals surface area contributed by atoms with Gasteiger partial charge in [-0.2, -0.15) is 11.8 Å². The van der Waals surface area contributed by atoms with E-state index in [4.69, 9.17) is 4.74 Å². The molecule has 1 aromatic rings. The highest BCUT2D eigenvalue weighted by Crippen LogP contribution is 2.21. The van der Waals surface area contributed by atoms with Crippen molar-refractivity contribution in [2.24, 2.45) is 0 Å². The molecular formula is C12H15FN2O2S. The lowest BCUT2D eigenvalue weighted by molar-refractivity contribution is -0.117. The SMILES string of the molecule is COc1ccc(F)c(NC(=O)C2CSCCN2)c1. The molecular weight excluding hydrogens is 255 g/mol. The highest BCUT2D eigenvalue weighted by Gasteiger charge is 2.21. The first-order valence-electron chi connectivity index (χ1n) is 5.66. The molecule has 0 saturated carbocycles. The van der Waals surface area contributed by atoms with Crippen LogP contribution in [-0.2, 0) is 4.79 Å². The van der Waals surface area contributed by atoms with Gasteiger partial charge in [-0.1, -0.05) is 0 Å². The van der Waals surface area contributed by atoms with Gasteiger partial charge in [0.2, 0.25) is 5.91 Å². The van der Waals surface area contributed by atoms with Crippen molar-refractivity contribution in [2.75, 3.05) is 30.5 Å². The number of nitrogens with one attached hydrogen (secondary N) is 2. The molecule has 1 atom stereocenters. The quantitative estimate of drug-likeness (QED) is 0.873. The van der Waals surface area contributed by atoms with E-state index in [-0.39, 0.29) is 17.6 Å². The Morgan fingerprint density at radius 3 is 3.11 bits per heavy atom. The van der Waals surface area contributed by atoms with Crippen LogP contribution in [0, 0.1) is 5.82 Å². The number of anilines is 1. The molecule has 2 rings (SSSR count). The number of rotatable bonds is 3. The summed E-state index contributed by atoms with van der Waals surface area (Å²) in [5.41, 5.74) is 0.150. The van der Waals surface area contributed by atoms with Crippen LogP contribution < -0.4 is 15.4 Å². The molecule has 0 aliphatic carbocycles. The summed E-state index contributed by atoms with van der Waals surface area (Å²) >= 11 is 1.71. The van der Waals surface area contributed by atoms with Crippen LogP contribution in [0.2, 0.25) is 0 Å². The minimum absolute atomic E-state index is 0.150. The van der Waals surface area contributed by atoms with Gasteiger partial charge in [-0.05, 0) is 12.1 Å². The van der Waals surface area contributed by atoms with Crippen molar-refractivity contribution < 1.29 is 13.9 Å². The minimum atomic E-state index is -0.465. The zero-order valence-corrected chi connectivity index (χ0v) is 10.8. The lowest BCUT2D eigenvalue weighted by Gasteiger charge is -2.22. The number of ether oxygens (including phenoxy) is 1. The van der Waals surface area contributed by atoms with E-state index in [9.17, 15) is 9.18 Å². The van der Waals surface area contributed by atoms with Crippen molar-refractivity contribution in [1.82, 2.24) is 5.32 Å². The first-order valence-corrected chi connectivity index (χ1v) is 6.81. The molecule has 1 amide bonds. The van der Waals surface area contributed by atoms with E-state index in [1.807, 2.05) is 0 Å². The predicted octanol–water partition coefficient (Wildman–Crippen LogP) is 1.48. The Balaban J connectivity index is 2.05. The second-order valence-corrected chi connectivity index (χ2v) is 5.07. The third kappa shape index (κ3) is 3.14. The van der Waals surface area contributed by atoms with Crippen LogP contribution in [-0.4, -0.2) is 37.1 Å². The molecule has 6 heteroatoms. The number of carbonyl (C=O) groups excluding carboxylic acids is 1. The zero-order chi connectivity index (χ0) is 13.0. The molecule has 4 nitrogen and oxygen atoms in total. The molecule has 18 heavy (non-hydrogen) atoms. The number of amides is 1. The van der Waals surface area contributed by atoms with Gasteiger partial charge in [-0.15, -0.1) is 0 Å². The molecule has 98 valence electrons. The molecule has 1 saturated heterocycles. The fourth-order valence-electron chi connectivity index (χ4n) is 1.68. The second-order valence-electron chi connectivity index (χ2n) is 3.92. The Labute approximate surface area is 109 Å². The van der Waals surface area contributed by atoms with E-state index >= 15 is 0 Å². The van der Waals surface area contributed by atoms with Crippen molar-refractivity contribution in [3.63, 3.8) is 0 Å². The van der Waals surface area contributed by atoms with Gasteiger partial charge in [0.05, 0.1) is 18.8 Å². The van der Waals surface area contributed by atoms with Gasteiger partial charge in [-0.25, -0.2) is 4.39 Å². The molecule has 1 aromatic carbocycles. The number of carbonyl (C=O) groups is 1. The van der Waals surface area contributed by atoms with Crippen molar-refractivity contribution in [2.45, 2.75) is 6.04 Å². The monoisotopic (exact) mass is 270 g/mol. The Morgan fingerprint density at radius 2 is 2.44 bits per heavy atom. The molecule has 2 N–H and O–H groups in total. The third-order valence-electron chi connectivity index (χ3n) is 2.67. The molecule has 0 bridgehead atoms. The number of hydrogen-bond donors (Lipinski definition) is 2. The molecule has 1 aliphatic rings. The maximum Gasteiger partial charge on any atom is 0.242 e. The van der Waals surface area contributed by atoms with Crippen LogP contribution in [0.3, 0.4) is 0 Å². The molecule has 1 aliphatic heterocycles. The smallest absolute Gasteiger partial charge is 0.242 e. The summed E-state index contributed by atoms with van der Waals surface area (Å²) in [6.07, 6.45) is 0. The Morgan fingerprint density at radius 1 is 1.61 bits per heavy atom. The fraction of sp³-hybridized carbons (Fsp3) is 0.417. The lowest BCUT2D eigenvalue weighted by atomic mass is 10.2. The average molecular weight is 270 g/mol. The van der Waals surface area contributed by atoms with E-state index in [1.165, 1.54) is 25.3 Å². The van der Waals surface area contributed by atoms with Crippen LogP contribution in [0.1, 0.15) is 0 Å². The summed E-state index contributed by atoms with van der Waals surface area (Å²) in [7, 11) is 1.50. The summed E-state index contributed by atoms with van der Waals surface area (Å²) in [6.45, 7) is 0.795. The second kappa shape index (κ2) is 6.06. The average Bonchev–Trinajstić information content (AvgIpc) is 2.42. The van der Waals surface area contributed by atoms with Gasteiger partial charge < -0.3 is 15.4 Å². The first kappa shape index (κ1) is 13.2. The Kier molecular flexibility index (Phi) is 4.43. The minimum Gasteiger partial charge on any atom is -0.497 e. The number of halogens is 1. The molecule has 0 radical (unpaired) electrons.